The monoisotopic (exact) mass is 360 g/mol. The molecule has 1 fully saturated rings. The summed E-state index contributed by atoms with van der Waals surface area (Å²) >= 11 is 3.35. The SMILES string of the molecule is CNCc1ccc(S(=O)(=O)NCCC2CCC2)c(Br)c1. The van der Waals surface area contributed by atoms with Gasteiger partial charge in [0, 0.05) is 17.6 Å². The topological polar surface area (TPSA) is 58.2 Å². The van der Waals surface area contributed by atoms with Gasteiger partial charge in [-0.15, -0.1) is 0 Å². The molecular weight excluding hydrogens is 340 g/mol. The molecular formula is C14H21BrN2O2S. The highest BCUT2D eigenvalue weighted by atomic mass is 79.9. The summed E-state index contributed by atoms with van der Waals surface area (Å²) in [5.74, 6) is 0.708. The summed E-state index contributed by atoms with van der Waals surface area (Å²) < 4.78 is 27.8. The highest BCUT2D eigenvalue weighted by Crippen LogP contribution is 2.29. The number of hydrogen-bond acceptors (Lipinski definition) is 3. The van der Waals surface area contributed by atoms with Gasteiger partial charge < -0.3 is 5.32 Å². The number of benzene rings is 1. The first-order chi connectivity index (χ1) is 9.53. The minimum Gasteiger partial charge on any atom is -0.316 e. The van der Waals surface area contributed by atoms with E-state index >= 15 is 0 Å². The van der Waals surface area contributed by atoms with Crippen LogP contribution in [0.25, 0.3) is 0 Å². The summed E-state index contributed by atoms with van der Waals surface area (Å²) in [6, 6.07) is 5.33. The van der Waals surface area contributed by atoms with Gasteiger partial charge in [0.05, 0.1) is 4.90 Å². The van der Waals surface area contributed by atoms with Gasteiger partial charge in [-0.25, -0.2) is 13.1 Å². The standard InChI is InChI=1S/C14H21BrN2O2S/c1-16-10-12-5-6-14(13(15)9-12)20(18,19)17-8-7-11-3-2-4-11/h5-6,9,11,16-17H,2-4,7-8,10H2,1H3. The van der Waals surface area contributed by atoms with Gasteiger partial charge in [-0.05, 0) is 53.0 Å². The lowest BCUT2D eigenvalue weighted by atomic mass is 9.83. The van der Waals surface area contributed by atoms with Gasteiger partial charge in [-0.3, -0.25) is 0 Å². The van der Waals surface area contributed by atoms with Gasteiger partial charge in [0.1, 0.15) is 0 Å². The van der Waals surface area contributed by atoms with Crippen LogP contribution >= 0.6 is 15.9 Å². The first-order valence-corrected chi connectivity index (χ1v) is 9.23. The van der Waals surface area contributed by atoms with E-state index in [2.05, 4.69) is 26.0 Å². The van der Waals surface area contributed by atoms with Gasteiger partial charge in [0.2, 0.25) is 10.0 Å². The quantitative estimate of drug-likeness (QED) is 0.785. The second-order valence-corrected chi connectivity index (χ2v) is 7.87. The summed E-state index contributed by atoms with van der Waals surface area (Å²) in [5.41, 5.74) is 1.05. The molecule has 2 rings (SSSR count). The van der Waals surface area contributed by atoms with Crippen LogP contribution in [0.5, 0.6) is 0 Å². The van der Waals surface area contributed by atoms with E-state index in [0.717, 1.165) is 12.0 Å². The predicted octanol–water partition coefficient (Wildman–Crippen LogP) is 2.64. The van der Waals surface area contributed by atoms with Gasteiger partial charge >= 0.3 is 0 Å². The Bertz CT molecular complexity index is 556. The van der Waals surface area contributed by atoms with Crippen molar-refractivity contribution in [3.63, 3.8) is 0 Å². The van der Waals surface area contributed by atoms with Crippen molar-refractivity contribution in [2.45, 2.75) is 37.1 Å². The average Bonchev–Trinajstić information content (AvgIpc) is 2.32. The van der Waals surface area contributed by atoms with Crippen molar-refractivity contribution < 1.29 is 8.42 Å². The molecule has 0 spiro atoms. The van der Waals surface area contributed by atoms with E-state index in [-0.39, 0.29) is 0 Å². The fraction of sp³-hybridized carbons (Fsp3) is 0.571. The molecule has 6 heteroatoms. The number of rotatable bonds is 7. The molecule has 20 heavy (non-hydrogen) atoms. The van der Waals surface area contributed by atoms with Crippen molar-refractivity contribution in [3.8, 4) is 0 Å². The lowest BCUT2D eigenvalue weighted by Crippen LogP contribution is -2.27. The van der Waals surface area contributed by atoms with E-state index in [1.54, 1.807) is 6.07 Å². The Morgan fingerprint density at radius 2 is 2.10 bits per heavy atom. The minimum absolute atomic E-state index is 0.311. The highest BCUT2D eigenvalue weighted by Gasteiger charge is 2.20. The number of hydrogen-bond donors (Lipinski definition) is 2. The van der Waals surface area contributed by atoms with Crippen molar-refractivity contribution in [2.24, 2.45) is 5.92 Å². The van der Waals surface area contributed by atoms with E-state index in [4.69, 9.17) is 0 Å². The smallest absolute Gasteiger partial charge is 0.241 e. The third kappa shape index (κ3) is 4.04. The van der Waals surface area contributed by atoms with Crippen LogP contribution < -0.4 is 10.0 Å². The maximum atomic E-state index is 12.3. The molecule has 1 saturated carbocycles. The molecule has 112 valence electrons. The molecule has 1 aliphatic carbocycles. The lowest BCUT2D eigenvalue weighted by Gasteiger charge is -2.25. The summed E-state index contributed by atoms with van der Waals surface area (Å²) in [7, 11) is -1.56. The fourth-order valence-corrected chi connectivity index (χ4v) is 4.50. The Kier molecular flexibility index (Phi) is 5.60. The first-order valence-electron chi connectivity index (χ1n) is 6.95. The van der Waals surface area contributed by atoms with E-state index in [0.29, 0.717) is 28.4 Å². The Morgan fingerprint density at radius 3 is 2.65 bits per heavy atom. The van der Waals surface area contributed by atoms with E-state index in [1.807, 2.05) is 19.2 Å². The van der Waals surface area contributed by atoms with Crippen molar-refractivity contribution in [1.82, 2.24) is 10.0 Å². The van der Waals surface area contributed by atoms with Crippen molar-refractivity contribution in [1.29, 1.82) is 0 Å². The zero-order valence-corrected chi connectivity index (χ0v) is 14.1. The predicted molar refractivity (Wildman–Crippen MR) is 84.1 cm³/mol. The molecule has 0 aliphatic heterocycles. The molecule has 0 unspecified atom stereocenters. The molecule has 0 aromatic heterocycles. The second kappa shape index (κ2) is 7.02. The molecule has 1 aliphatic rings. The normalized spacial score (nSPS) is 16.1. The molecule has 4 nitrogen and oxygen atoms in total. The zero-order chi connectivity index (χ0) is 14.6. The minimum atomic E-state index is -3.42. The molecule has 0 saturated heterocycles. The Hall–Kier alpha value is -0.430. The number of nitrogens with one attached hydrogen (secondary N) is 2. The molecule has 1 aromatic carbocycles. The van der Waals surface area contributed by atoms with Crippen molar-refractivity contribution >= 4 is 26.0 Å². The molecule has 0 radical (unpaired) electrons. The van der Waals surface area contributed by atoms with Crippen LogP contribution in [0.15, 0.2) is 27.6 Å². The van der Waals surface area contributed by atoms with Gasteiger partial charge in [-0.1, -0.05) is 25.3 Å². The third-order valence-electron chi connectivity index (χ3n) is 3.74. The van der Waals surface area contributed by atoms with Crippen LogP contribution in [-0.4, -0.2) is 22.0 Å². The summed E-state index contributed by atoms with van der Waals surface area (Å²) in [5, 5.41) is 3.04. The Labute approximate surface area is 129 Å². The Morgan fingerprint density at radius 1 is 1.35 bits per heavy atom. The fourth-order valence-electron chi connectivity index (χ4n) is 2.33. The number of sulfonamides is 1. The average molecular weight is 361 g/mol. The van der Waals surface area contributed by atoms with Crippen LogP contribution in [0, 0.1) is 5.92 Å². The molecule has 1 aromatic rings. The Balaban J connectivity index is 2.00. The van der Waals surface area contributed by atoms with Crippen molar-refractivity contribution in [3.05, 3.63) is 28.2 Å². The van der Waals surface area contributed by atoms with Gasteiger partial charge in [0.15, 0.2) is 0 Å². The van der Waals surface area contributed by atoms with E-state index < -0.39 is 10.0 Å². The van der Waals surface area contributed by atoms with E-state index in [9.17, 15) is 8.42 Å². The van der Waals surface area contributed by atoms with Gasteiger partial charge in [-0.2, -0.15) is 0 Å². The molecule has 0 atom stereocenters. The molecule has 0 bridgehead atoms. The van der Waals surface area contributed by atoms with Crippen LogP contribution in [0.2, 0.25) is 0 Å². The zero-order valence-electron chi connectivity index (χ0n) is 11.7. The first kappa shape index (κ1) is 15.9. The summed E-state index contributed by atoms with van der Waals surface area (Å²) in [6.45, 7) is 1.24. The summed E-state index contributed by atoms with van der Waals surface area (Å²) in [4.78, 5) is 0.311. The molecule has 0 heterocycles. The maximum absolute atomic E-state index is 12.3. The van der Waals surface area contributed by atoms with Crippen LogP contribution in [0.1, 0.15) is 31.2 Å². The molecule has 0 amide bonds. The summed E-state index contributed by atoms with van der Waals surface area (Å²) in [6.07, 6.45) is 4.71. The lowest BCUT2D eigenvalue weighted by molar-refractivity contribution is 0.297. The largest absolute Gasteiger partial charge is 0.316 e. The third-order valence-corrected chi connectivity index (χ3v) is 6.17. The van der Waals surface area contributed by atoms with Gasteiger partial charge in [0.25, 0.3) is 0 Å². The molecule has 2 N–H and O–H groups in total. The van der Waals surface area contributed by atoms with Crippen LogP contribution in [-0.2, 0) is 16.6 Å². The van der Waals surface area contributed by atoms with Crippen LogP contribution in [0.3, 0.4) is 0 Å². The maximum Gasteiger partial charge on any atom is 0.241 e. The van der Waals surface area contributed by atoms with Crippen molar-refractivity contribution in [2.75, 3.05) is 13.6 Å². The highest BCUT2D eigenvalue weighted by molar-refractivity contribution is 9.10. The van der Waals surface area contributed by atoms with E-state index in [1.165, 1.54) is 19.3 Å². The second-order valence-electron chi connectivity index (χ2n) is 5.28. The number of halogens is 1. The van der Waals surface area contributed by atoms with Crippen LogP contribution in [0.4, 0.5) is 0 Å².